The largest absolute Gasteiger partial charge is 0.494 e. The number of amides is 2. The molecular weight excluding hydrogens is 526 g/mol. The molecule has 1 atom stereocenters. The minimum Gasteiger partial charge on any atom is -0.494 e. The highest BCUT2D eigenvalue weighted by Gasteiger charge is 2.34. The Morgan fingerprint density at radius 2 is 1.52 bits per heavy atom. The number of carbonyl (C=O) groups excluding carboxylic acids is 2. The molecule has 0 fully saturated rings. The summed E-state index contributed by atoms with van der Waals surface area (Å²) in [5, 5.41) is 2.91. The summed E-state index contributed by atoms with van der Waals surface area (Å²) in [4.78, 5) is 28.8. The minimum atomic E-state index is -4.14. The van der Waals surface area contributed by atoms with Gasteiger partial charge in [-0.15, -0.1) is 0 Å². The van der Waals surface area contributed by atoms with E-state index in [0.717, 1.165) is 15.4 Å². The number of sulfonamides is 1. The van der Waals surface area contributed by atoms with Crippen molar-refractivity contribution >= 4 is 27.5 Å². The van der Waals surface area contributed by atoms with E-state index >= 15 is 0 Å². The van der Waals surface area contributed by atoms with Gasteiger partial charge in [-0.1, -0.05) is 49.4 Å². The molecule has 3 aromatic carbocycles. The molecule has 0 heterocycles. The Kier molecular flexibility index (Phi) is 10.7. The van der Waals surface area contributed by atoms with Crippen LogP contribution in [0, 0.1) is 6.92 Å². The maximum atomic E-state index is 14.1. The first-order valence-corrected chi connectivity index (χ1v) is 15.0. The number of benzene rings is 3. The zero-order valence-corrected chi connectivity index (χ0v) is 24.6. The van der Waals surface area contributed by atoms with Crippen molar-refractivity contribution in [2.45, 2.75) is 64.6 Å². The van der Waals surface area contributed by atoms with E-state index < -0.39 is 28.5 Å². The van der Waals surface area contributed by atoms with E-state index in [1.165, 1.54) is 17.0 Å². The van der Waals surface area contributed by atoms with Gasteiger partial charge >= 0.3 is 0 Å². The van der Waals surface area contributed by atoms with Crippen molar-refractivity contribution in [3.05, 3.63) is 90.0 Å². The molecule has 0 saturated heterocycles. The Bertz CT molecular complexity index is 1380. The molecule has 1 N–H and O–H groups in total. The molecule has 0 bridgehead atoms. The van der Waals surface area contributed by atoms with Gasteiger partial charge in [0.25, 0.3) is 10.0 Å². The molecule has 214 valence electrons. The van der Waals surface area contributed by atoms with E-state index in [1.807, 2.05) is 58.9 Å². The van der Waals surface area contributed by atoms with Crippen LogP contribution in [-0.2, 0) is 26.2 Å². The third kappa shape index (κ3) is 7.63. The Hall–Kier alpha value is -3.85. The van der Waals surface area contributed by atoms with Crippen LogP contribution in [0.4, 0.5) is 5.69 Å². The third-order valence-electron chi connectivity index (χ3n) is 6.46. The van der Waals surface area contributed by atoms with Gasteiger partial charge in [0.15, 0.2) is 0 Å². The van der Waals surface area contributed by atoms with Gasteiger partial charge in [-0.2, -0.15) is 0 Å². The van der Waals surface area contributed by atoms with Crippen molar-refractivity contribution in [1.29, 1.82) is 0 Å². The molecule has 0 radical (unpaired) electrons. The fourth-order valence-electron chi connectivity index (χ4n) is 4.40. The molecule has 0 saturated carbocycles. The number of aryl methyl sites for hydroxylation is 1. The quantitative estimate of drug-likeness (QED) is 0.317. The van der Waals surface area contributed by atoms with Gasteiger partial charge < -0.3 is 15.0 Å². The smallest absolute Gasteiger partial charge is 0.264 e. The summed E-state index contributed by atoms with van der Waals surface area (Å²) in [5.74, 6) is -0.206. The normalized spacial score (nSPS) is 12.1. The lowest BCUT2D eigenvalue weighted by Gasteiger charge is -2.34. The lowest BCUT2D eigenvalue weighted by molar-refractivity contribution is -0.140. The molecule has 2 amide bonds. The van der Waals surface area contributed by atoms with E-state index in [2.05, 4.69) is 5.32 Å². The van der Waals surface area contributed by atoms with Gasteiger partial charge in [0.1, 0.15) is 18.3 Å². The second-order valence-corrected chi connectivity index (χ2v) is 11.6. The number of hydrogen-bond acceptors (Lipinski definition) is 5. The van der Waals surface area contributed by atoms with E-state index in [1.54, 1.807) is 42.5 Å². The summed E-state index contributed by atoms with van der Waals surface area (Å²) >= 11 is 0. The van der Waals surface area contributed by atoms with E-state index in [0.29, 0.717) is 24.5 Å². The predicted octanol–water partition coefficient (Wildman–Crippen LogP) is 4.92. The molecule has 0 unspecified atom stereocenters. The summed E-state index contributed by atoms with van der Waals surface area (Å²) in [7, 11) is -4.14. The number of ether oxygens (including phenoxy) is 1. The summed E-state index contributed by atoms with van der Waals surface area (Å²) in [6.45, 7) is 9.50. The van der Waals surface area contributed by atoms with E-state index in [9.17, 15) is 18.0 Å². The highest BCUT2D eigenvalue weighted by atomic mass is 32.2. The number of nitrogens with one attached hydrogen (secondary N) is 1. The number of carbonyl (C=O) groups is 2. The summed E-state index contributed by atoms with van der Waals surface area (Å²) in [6, 6.07) is 21.4. The van der Waals surface area contributed by atoms with Crippen LogP contribution in [0.3, 0.4) is 0 Å². The summed E-state index contributed by atoms with van der Waals surface area (Å²) in [6.07, 6.45) is 0.368. The molecule has 3 aromatic rings. The summed E-state index contributed by atoms with van der Waals surface area (Å²) < 4.78 is 34.4. The highest BCUT2D eigenvalue weighted by Crippen LogP contribution is 2.26. The highest BCUT2D eigenvalue weighted by molar-refractivity contribution is 7.92. The maximum Gasteiger partial charge on any atom is 0.264 e. The fraction of sp³-hybridized carbons (Fsp3) is 0.355. The van der Waals surface area contributed by atoms with Crippen LogP contribution >= 0.6 is 0 Å². The molecular formula is C31H39N3O5S. The first-order valence-electron chi connectivity index (χ1n) is 13.5. The van der Waals surface area contributed by atoms with Gasteiger partial charge in [-0.3, -0.25) is 13.9 Å². The number of nitrogens with zero attached hydrogens (tertiary/aromatic N) is 2. The topological polar surface area (TPSA) is 96.0 Å². The van der Waals surface area contributed by atoms with Gasteiger partial charge in [-0.05, 0) is 81.6 Å². The first kappa shape index (κ1) is 30.7. The van der Waals surface area contributed by atoms with Crippen LogP contribution in [0.15, 0.2) is 83.8 Å². The van der Waals surface area contributed by atoms with Crippen molar-refractivity contribution in [1.82, 2.24) is 10.2 Å². The predicted molar refractivity (Wildman–Crippen MR) is 158 cm³/mol. The van der Waals surface area contributed by atoms with E-state index in [-0.39, 0.29) is 23.4 Å². The van der Waals surface area contributed by atoms with Crippen molar-refractivity contribution in [3.63, 3.8) is 0 Å². The fourth-order valence-corrected chi connectivity index (χ4v) is 5.81. The van der Waals surface area contributed by atoms with Gasteiger partial charge in [0.2, 0.25) is 11.8 Å². The average molecular weight is 566 g/mol. The molecule has 0 aliphatic heterocycles. The molecule has 40 heavy (non-hydrogen) atoms. The van der Waals surface area contributed by atoms with E-state index in [4.69, 9.17) is 4.74 Å². The van der Waals surface area contributed by atoms with Crippen molar-refractivity contribution < 1.29 is 22.7 Å². The van der Waals surface area contributed by atoms with Gasteiger partial charge in [0, 0.05) is 12.6 Å². The Morgan fingerprint density at radius 1 is 0.900 bits per heavy atom. The molecule has 0 aromatic heterocycles. The number of hydrogen-bond donors (Lipinski definition) is 1. The lowest BCUT2D eigenvalue weighted by Crippen LogP contribution is -2.53. The Balaban J connectivity index is 2.04. The maximum absolute atomic E-state index is 14.1. The Morgan fingerprint density at radius 3 is 2.10 bits per heavy atom. The molecule has 0 aliphatic carbocycles. The average Bonchev–Trinajstić information content (AvgIpc) is 2.93. The monoisotopic (exact) mass is 565 g/mol. The van der Waals surface area contributed by atoms with Crippen LogP contribution in [0.2, 0.25) is 0 Å². The first-order chi connectivity index (χ1) is 19.1. The zero-order chi connectivity index (χ0) is 29.3. The van der Waals surface area contributed by atoms with Crippen LogP contribution < -0.4 is 14.4 Å². The molecule has 0 aliphatic rings. The summed E-state index contributed by atoms with van der Waals surface area (Å²) in [5.41, 5.74) is 2.20. The van der Waals surface area contributed by atoms with Crippen molar-refractivity contribution in [2.75, 3.05) is 17.5 Å². The number of anilines is 1. The number of para-hydroxylation sites is 1. The lowest BCUT2D eigenvalue weighted by atomic mass is 10.1. The minimum absolute atomic E-state index is 0.0302. The van der Waals surface area contributed by atoms with Gasteiger partial charge in [-0.25, -0.2) is 8.42 Å². The standard InChI is InChI=1S/C31H39N3O5S/c1-6-29(31(36)32-23(3)4)33(21-25-14-12-11-13-24(25)5)30(35)22-34(26-15-9-8-10-16-26)40(37,38)28-19-17-27(18-20-28)39-7-2/h8-20,23,29H,6-7,21-22H2,1-5H3,(H,32,36)/t29-/m1/s1. The van der Waals surface area contributed by atoms with Crippen LogP contribution in [0.5, 0.6) is 5.75 Å². The number of rotatable bonds is 13. The molecule has 9 heteroatoms. The van der Waals surface area contributed by atoms with Crippen LogP contribution in [0.25, 0.3) is 0 Å². The Labute approximate surface area is 238 Å². The second-order valence-electron chi connectivity index (χ2n) is 9.79. The van der Waals surface area contributed by atoms with Crippen molar-refractivity contribution in [2.24, 2.45) is 0 Å². The SMILES string of the molecule is CCOc1ccc(S(=O)(=O)N(CC(=O)N(Cc2ccccc2C)[C@H](CC)C(=O)NC(C)C)c2ccccc2)cc1. The van der Waals surface area contributed by atoms with Crippen LogP contribution in [-0.4, -0.2) is 50.4 Å². The zero-order valence-electron chi connectivity index (χ0n) is 23.8. The van der Waals surface area contributed by atoms with Gasteiger partial charge in [0.05, 0.1) is 17.2 Å². The molecule has 3 rings (SSSR count). The molecule has 8 nitrogen and oxygen atoms in total. The second kappa shape index (κ2) is 14.0. The third-order valence-corrected chi connectivity index (χ3v) is 8.25. The molecule has 0 spiro atoms. The van der Waals surface area contributed by atoms with Crippen LogP contribution in [0.1, 0.15) is 45.2 Å². The van der Waals surface area contributed by atoms with Crippen molar-refractivity contribution in [3.8, 4) is 5.75 Å².